The summed E-state index contributed by atoms with van der Waals surface area (Å²) in [5.41, 5.74) is 0.384. The minimum Gasteiger partial charge on any atom is -0.338 e. The molecule has 1 aromatic heterocycles. The molecule has 100 valence electrons. The smallest absolute Gasteiger partial charge is 0.338 e. The van der Waals surface area contributed by atoms with Crippen LogP contribution in [0.1, 0.15) is 11.7 Å². The van der Waals surface area contributed by atoms with Crippen molar-refractivity contribution in [2.45, 2.75) is 19.1 Å². The van der Waals surface area contributed by atoms with E-state index < -0.39 is 12.6 Å². The highest BCUT2D eigenvalue weighted by Crippen LogP contribution is 2.34. The second-order valence-electron chi connectivity index (χ2n) is 5.15. The molecule has 5 nitrogen and oxygen atoms in total. The molecule has 2 saturated heterocycles. The van der Waals surface area contributed by atoms with Gasteiger partial charge in [0, 0.05) is 31.6 Å². The Morgan fingerprint density at radius 3 is 2.61 bits per heavy atom. The topological polar surface area (TPSA) is 54.2 Å². The van der Waals surface area contributed by atoms with Gasteiger partial charge in [0.15, 0.2) is 5.82 Å². The molecule has 2 aliphatic heterocycles. The molecule has 3 heterocycles. The SMILES string of the molecule is FC(F)(F)Cc1noc(CN2CC3(CNC3)C2)n1. The molecule has 3 rings (SSSR count). The molecule has 0 aromatic carbocycles. The van der Waals surface area contributed by atoms with Crippen LogP contribution in [0.25, 0.3) is 0 Å². The highest BCUT2D eigenvalue weighted by atomic mass is 19.4. The fraction of sp³-hybridized carbons (Fsp3) is 0.800. The van der Waals surface area contributed by atoms with E-state index in [1.54, 1.807) is 0 Å². The second kappa shape index (κ2) is 3.92. The minimum atomic E-state index is -4.29. The number of hydrogen-bond donors (Lipinski definition) is 1. The first-order valence-corrected chi connectivity index (χ1v) is 5.76. The number of nitrogens with zero attached hydrogens (tertiary/aromatic N) is 3. The average molecular weight is 262 g/mol. The van der Waals surface area contributed by atoms with Crippen molar-refractivity contribution in [3.05, 3.63) is 11.7 Å². The Morgan fingerprint density at radius 2 is 2.06 bits per heavy atom. The number of aromatic nitrogens is 2. The lowest BCUT2D eigenvalue weighted by molar-refractivity contribution is -0.128. The maximum atomic E-state index is 12.1. The van der Waals surface area contributed by atoms with Gasteiger partial charge in [-0.15, -0.1) is 0 Å². The van der Waals surface area contributed by atoms with Crippen molar-refractivity contribution >= 4 is 0 Å². The monoisotopic (exact) mass is 262 g/mol. The largest absolute Gasteiger partial charge is 0.396 e. The summed E-state index contributed by atoms with van der Waals surface area (Å²) < 4.78 is 41.1. The highest BCUT2D eigenvalue weighted by molar-refractivity contribution is 5.04. The van der Waals surface area contributed by atoms with E-state index in [-0.39, 0.29) is 11.7 Å². The van der Waals surface area contributed by atoms with Gasteiger partial charge in [-0.25, -0.2) is 0 Å². The molecular formula is C10H13F3N4O. The first kappa shape index (κ1) is 11.9. The Kier molecular flexibility index (Phi) is 2.60. The van der Waals surface area contributed by atoms with Gasteiger partial charge in [0.1, 0.15) is 6.42 Å². The number of likely N-dealkylation sites (tertiary alicyclic amines) is 1. The van der Waals surface area contributed by atoms with Crippen LogP contribution in [0.3, 0.4) is 0 Å². The maximum absolute atomic E-state index is 12.1. The van der Waals surface area contributed by atoms with Crippen LogP contribution in [0.4, 0.5) is 13.2 Å². The van der Waals surface area contributed by atoms with E-state index in [1.165, 1.54) is 0 Å². The summed E-state index contributed by atoms with van der Waals surface area (Å²) in [6, 6.07) is 0. The van der Waals surface area contributed by atoms with Gasteiger partial charge in [0.2, 0.25) is 5.89 Å². The third-order valence-electron chi connectivity index (χ3n) is 3.35. The normalized spacial score (nSPS) is 22.8. The fourth-order valence-electron chi connectivity index (χ4n) is 2.51. The van der Waals surface area contributed by atoms with Gasteiger partial charge in [-0.2, -0.15) is 18.2 Å². The summed E-state index contributed by atoms with van der Waals surface area (Å²) in [6.07, 6.45) is -5.43. The fourth-order valence-corrected chi connectivity index (χ4v) is 2.51. The number of hydrogen-bond acceptors (Lipinski definition) is 5. The van der Waals surface area contributed by atoms with Gasteiger partial charge in [0.25, 0.3) is 0 Å². The number of alkyl halides is 3. The minimum absolute atomic E-state index is 0.261. The Balaban J connectivity index is 1.52. The highest BCUT2D eigenvalue weighted by Gasteiger charge is 2.47. The molecule has 1 aromatic rings. The van der Waals surface area contributed by atoms with Gasteiger partial charge in [-0.3, -0.25) is 4.90 Å². The quantitative estimate of drug-likeness (QED) is 0.863. The van der Waals surface area contributed by atoms with E-state index in [0.29, 0.717) is 12.0 Å². The van der Waals surface area contributed by atoms with E-state index in [4.69, 9.17) is 4.52 Å². The zero-order valence-electron chi connectivity index (χ0n) is 9.63. The van der Waals surface area contributed by atoms with Crippen LogP contribution in [-0.2, 0) is 13.0 Å². The van der Waals surface area contributed by atoms with E-state index in [2.05, 4.69) is 20.4 Å². The number of nitrogens with one attached hydrogen (secondary N) is 1. The molecule has 0 bridgehead atoms. The summed E-state index contributed by atoms with van der Waals surface area (Å²) in [7, 11) is 0. The van der Waals surface area contributed by atoms with E-state index in [0.717, 1.165) is 26.2 Å². The molecule has 0 atom stereocenters. The van der Waals surface area contributed by atoms with Gasteiger partial charge in [-0.05, 0) is 0 Å². The van der Waals surface area contributed by atoms with Gasteiger partial charge in [0.05, 0.1) is 6.54 Å². The van der Waals surface area contributed by atoms with Crippen molar-refractivity contribution in [3.8, 4) is 0 Å². The molecule has 0 unspecified atom stereocenters. The number of halogens is 3. The Labute approximate surface area is 101 Å². The van der Waals surface area contributed by atoms with Crippen molar-refractivity contribution in [2.24, 2.45) is 5.41 Å². The molecule has 1 spiro atoms. The molecule has 2 aliphatic rings. The van der Waals surface area contributed by atoms with Crippen LogP contribution in [0, 0.1) is 5.41 Å². The summed E-state index contributed by atoms with van der Waals surface area (Å²) in [5.74, 6) is -0.0329. The van der Waals surface area contributed by atoms with E-state index in [9.17, 15) is 13.2 Å². The van der Waals surface area contributed by atoms with Crippen LogP contribution < -0.4 is 5.32 Å². The number of rotatable bonds is 3. The van der Waals surface area contributed by atoms with Crippen LogP contribution in [0.2, 0.25) is 0 Å². The van der Waals surface area contributed by atoms with Crippen LogP contribution in [-0.4, -0.2) is 47.4 Å². The molecule has 1 N–H and O–H groups in total. The lowest BCUT2D eigenvalue weighted by Gasteiger charge is -2.55. The van der Waals surface area contributed by atoms with Crippen LogP contribution in [0.5, 0.6) is 0 Å². The molecule has 0 saturated carbocycles. The Morgan fingerprint density at radius 1 is 1.33 bits per heavy atom. The summed E-state index contributed by atoms with van der Waals surface area (Å²) in [5, 5.41) is 6.55. The van der Waals surface area contributed by atoms with Gasteiger partial charge >= 0.3 is 6.18 Å². The summed E-state index contributed by atoms with van der Waals surface area (Å²) in [4.78, 5) is 5.86. The Bertz CT molecular complexity index is 433. The predicted octanol–water partition coefficient (Wildman–Crippen LogP) is 0.580. The zero-order valence-corrected chi connectivity index (χ0v) is 9.63. The van der Waals surface area contributed by atoms with Crippen LogP contribution >= 0.6 is 0 Å². The Hall–Kier alpha value is -1.15. The van der Waals surface area contributed by atoms with Gasteiger partial charge in [-0.1, -0.05) is 5.16 Å². The van der Waals surface area contributed by atoms with E-state index >= 15 is 0 Å². The first-order valence-electron chi connectivity index (χ1n) is 5.76. The lowest BCUT2D eigenvalue weighted by atomic mass is 9.74. The summed E-state index contributed by atoms with van der Waals surface area (Å²) >= 11 is 0. The van der Waals surface area contributed by atoms with Crippen molar-refractivity contribution < 1.29 is 17.7 Å². The van der Waals surface area contributed by atoms with Crippen LogP contribution in [0.15, 0.2) is 4.52 Å². The maximum Gasteiger partial charge on any atom is 0.396 e. The second-order valence-corrected chi connectivity index (χ2v) is 5.15. The molecular weight excluding hydrogens is 249 g/mol. The third kappa shape index (κ3) is 2.35. The van der Waals surface area contributed by atoms with Crippen molar-refractivity contribution in [3.63, 3.8) is 0 Å². The zero-order chi connectivity index (χ0) is 12.8. The molecule has 2 fully saturated rings. The van der Waals surface area contributed by atoms with E-state index in [1.807, 2.05) is 0 Å². The molecule has 8 heteroatoms. The van der Waals surface area contributed by atoms with Crippen molar-refractivity contribution in [1.82, 2.24) is 20.4 Å². The third-order valence-corrected chi connectivity index (χ3v) is 3.35. The molecule has 0 amide bonds. The van der Waals surface area contributed by atoms with Crippen molar-refractivity contribution in [2.75, 3.05) is 26.2 Å². The molecule has 0 radical (unpaired) electrons. The lowest BCUT2D eigenvalue weighted by Crippen LogP contribution is -2.70. The molecule has 0 aliphatic carbocycles. The molecule has 18 heavy (non-hydrogen) atoms. The standard InChI is InChI=1S/C10H13F3N4O/c11-10(12,13)1-7-15-8(18-16-7)2-17-5-9(6-17)3-14-4-9/h14H,1-6H2. The predicted molar refractivity (Wildman–Crippen MR) is 54.6 cm³/mol. The first-order chi connectivity index (χ1) is 8.44. The van der Waals surface area contributed by atoms with Crippen molar-refractivity contribution in [1.29, 1.82) is 0 Å². The average Bonchev–Trinajstić information content (AvgIpc) is 2.52. The van der Waals surface area contributed by atoms with Gasteiger partial charge < -0.3 is 9.84 Å². The summed E-state index contributed by atoms with van der Waals surface area (Å²) in [6.45, 7) is 4.36.